The van der Waals surface area contributed by atoms with Gasteiger partial charge >= 0.3 is 126 Å². The minimum atomic E-state index is 0. The van der Waals surface area contributed by atoms with E-state index in [9.17, 15) is 0 Å². The van der Waals surface area contributed by atoms with Crippen LogP contribution in [0.3, 0.4) is 0 Å². The Morgan fingerprint density at radius 1 is 0.232 bits per heavy atom. The van der Waals surface area contributed by atoms with Crippen LogP contribution >= 0.6 is 0 Å². The molecule has 0 aliphatic carbocycles. The summed E-state index contributed by atoms with van der Waals surface area (Å²) in [6.07, 6.45) is 26.3. The van der Waals surface area contributed by atoms with Crippen molar-refractivity contribution in [2.45, 2.75) is 226 Å². The van der Waals surface area contributed by atoms with E-state index in [1.807, 2.05) is 30.3 Å². The Bertz CT molecular complexity index is 5000. The molecule has 6 aliphatic heterocycles. The van der Waals surface area contributed by atoms with Crippen molar-refractivity contribution in [2.24, 2.45) is 0 Å². The van der Waals surface area contributed by atoms with Gasteiger partial charge in [0, 0.05) is 35.7 Å². The van der Waals surface area contributed by atoms with Gasteiger partial charge in [-0.1, -0.05) is 286 Å². The van der Waals surface area contributed by atoms with Crippen molar-refractivity contribution in [1.29, 1.82) is 0 Å². The van der Waals surface area contributed by atoms with Gasteiger partial charge in [0.2, 0.25) is 41.9 Å². The van der Waals surface area contributed by atoms with Gasteiger partial charge in [-0.25, -0.2) is 63.9 Å². The first-order chi connectivity index (χ1) is 66.1. The van der Waals surface area contributed by atoms with Gasteiger partial charge in [0.1, 0.15) is 0 Å². The second-order valence-electron chi connectivity index (χ2n) is 35.6. The van der Waals surface area contributed by atoms with E-state index in [2.05, 4.69) is 476 Å². The van der Waals surface area contributed by atoms with Crippen molar-refractivity contribution < 1.29 is 126 Å². The summed E-state index contributed by atoms with van der Waals surface area (Å²) in [6, 6.07) is 52.5. The Hall–Kier alpha value is -6.63. The normalized spacial score (nSPS) is 15.9. The molecule has 11 aromatic rings. The second kappa shape index (κ2) is 63.9. The molecule has 0 spiro atoms. The van der Waals surface area contributed by atoms with Crippen LogP contribution in [-0.4, -0.2) is 223 Å². The SMILES string of the molecule is CB1N(c2ccccc2)[CH-]N(c2ncn[n-]2)B(C)N1C(C)C.CCCCCCN1B(C)N(C)[CH-]N(c2ncn[n-]2)B1C.CCCCCCN1B(C)N(c2ccccc2)[CH-]N(c2ncn[n-]2)B1C.CCCCCN1B(C)N(c2ccccc2)[CH-]N(c2ncn[n-]2)B1C.CCCCN1B(C)N(c2ccccc2)[CH-]N(c2ncn[n-]2)B1C.CCCN1B(C)N(c2ccccc2)[CH-]N(c2ncn[n-]2)B1C.[Pt+2].[Pt+2].[Pt+2].[Pt+2].[Pt+2].[Pt+2]. The molecule has 6 fully saturated rings. The zero-order valence-corrected chi connectivity index (χ0v) is 99.4. The molecule has 17 rings (SSSR count). The van der Waals surface area contributed by atoms with Gasteiger partial charge in [0.25, 0.3) is 41.9 Å². The van der Waals surface area contributed by atoms with Crippen LogP contribution in [0.2, 0.25) is 81.9 Å². The molecule has 0 atom stereocenters. The average molecular weight is 3000 g/mol. The van der Waals surface area contributed by atoms with Crippen molar-refractivity contribution in [3.05, 3.63) is 230 Å². The quantitative estimate of drug-likeness (QED) is 0.0221. The molecule has 36 nitrogen and oxygen atoms in total. The number of hydrogen-bond donors (Lipinski definition) is 0. The van der Waals surface area contributed by atoms with Gasteiger partial charge in [0.05, 0.1) is 38.0 Å². The second-order valence-corrected chi connectivity index (χ2v) is 35.6. The molecule has 0 saturated carbocycles. The van der Waals surface area contributed by atoms with E-state index in [0.717, 1.165) is 56.2 Å². The first-order valence-corrected chi connectivity index (χ1v) is 49.2. The van der Waals surface area contributed by atoms with E-state index in [1.54, 1.807) is 0 Å². The minimum absolute atomic E-state index is 0. The van der Waals surface area contributed by atoms with Crippen LogP contribution < -0.4 is 83.5 Å². The molecule has 6 saturated heterocycles. The summed E-state index contributed by atoms with van der Waals surface area (Å²) in [7, 11) is 2.10. The Morgan fingerprint density at radius 3 is 0.662 bits per heavy atom. The van der Waals surface area contributed by atoms with Crippen LogP contribution in [0.15, 0.2) is 190 Å². The Labute approximate surface area is 938 Å². The summed E-state index contributed by atoms with van der Waals surface area (Å²) < 4.78 is 14.9. The number of aromatic nitrogens is 18. The molecule has 0 radical (unpaired) electrons. The molecule has 54 heteroatoms. The topological polar surface area (TPSA) is 298 Å². The van der Waals surface area contributed by atoms with Crippen LogP contribution in [-0.2, 0) is 126 Å². The summed E-state index contributed by atoms with van der Waals surface area (Å²) in [5.74, 6) is 3.89. The van der Waals surface area contributed by atoms with Crippen molar-refractivity contribution >= 4 is 148 Å². The number of para-hydroxylation sites is 5. The first-order valence-electron chi connectivity index (χ1n) is 49.2. The number of rotatable bonds is 31. The molecule has 764 valence electrons. The van der Waals surface area contributed by atoms with Gasteiger partial charge < -0.3 is 116 Å². The molecule has 0 unspecified atom stereocenters. The number of hydrogen-bond acceptors (Lipinski definition) is 30. The zero-order valence-electron chi connectivity index (χ0n) is 85.8. The van der Waals surface area contributed by atoms with Crippen molar-refractivity contribution in [3.8, 4) is 0 Å². The fourth-order valence-electron chi connectivity index (χ4n) is 18.7. The predicted octanol–water partition coefficient (Wildman–Crippen LogP) is 12.9. The summed E-state index contributed by atoms with van der Waals surface area (Å²) in [6.45, 7) is 63.0. The van der Waals surface area contributed by atoms with Gasteiger partial charge in [-0.3, -0.25) is 37.3 Å². The molecular weight excluding hydrogens is 2860 g/mol. The Balaban J connectivity index is 0.000000259. The maximum atomic E-state index is 4.31. The molecule has 6 aliphatic rings. The molecule has 142 heavy (non-hydrogen) atoms. The molecule has 12 heterocycles. The maximum absolute atomic E-state index is 4.31. The van der Waals surface area contributed by atoms with Crippen molar-refractivity contribution in [1.82, 2.24) is 124 Å². The first kappa shape index (κ1) is 124. The average Bonchev–Trinajstić information content (AvgIpc) is 1.45. The summed E-state index contributed by atoms with van der Waals surface area (Å²) in [4.78, 5) is 51.7. The number of unbranched alkanes of at least 4 members (excludes halogenated alkanes) is 9. The minimum Gasteiger partial charge on any atom is -0.583 e. The van der Waals surface area contributed by atoms with Crippen molar-refractivity contribution in [3.63, 3.8) is 0 Å². The Kier molecular flexibility index (Phi) is 55.8. The number of anilines is 11. The van der Waals surface area contributed by atoms with Gasteiger partial charge in [-0.15, -0.1) is 0 Å². The van der Waals surface area contributed by atoms with E-state index < -0.39 is 0 Å². The third kappa shape index (κ3) is 32.7. The van der Waals surface area contributed by atoms with Gasteiger partial charge in [-0.2, -0.15) is 0 Å². The van der Waals surface area contributed by atoms with Crippen LogP contribution in [0.4, 0.5) is 64.1 Å². The summed E-state index contributed by atoms with van der Waals surface area (Å²) >= 11 is 0. The molecule has 5 aromatic carbocycles. The number of nitrogens with zero attached hydrogens (tertiary/aromatic N) is 36. The van der Waals surface area contributed by atoms with Crippen LogP contribution in [0.25, 0.3) is 0 Å². The predicted molar refractivity (Wildman–Crippen MR) is 568 cm³/mol. The fourth-order valence-corrected chi connectivity index (χ4v) is 18.7. The van der Waals surface area contributed by atoms with E-state index in [0.29, 0.717) is 48.7 Å². The standard InChI is InChI=1S/C17H26B2N6.C16H24B2N6.C15H22B2N6.2C14H20B2N6.C12H24B2N6.6Pt/c1-4-5-6-10-13-25-18(2)23(16-11-8-7-9-12-16)15-24(19(25)3)17-20-14-21-22-17;1-4-5-9-12-24-17(2)22(15-10-7-6-8-11-15)14-23(18(24)3)16-19-13-20-21-16;1-4-5-11-23-16(2)21(14-9-7-6-8-10-14)13-22(17(23)3)15-18-12-19-20-15;1-12(2)22-15(3)20(13-8-6-5-7-9-13)11-21(16(22)4)14-17-10-18-19-14;1-4-10-22-15(2)20(13-8-6-5-7-9-13)12-21(16(22)3)14-17-11-18-19-14;1-5-6-7-8-9-20-13(2)18(4)11-19(14(20)3)12-15-10-16-17-12;;;;;;/h7-9,11-12,14-15H,4-6,10,13H2,1-3H3;6-8,10-11,13-14H,4-5,9,12H2,1-3H3;6-10,12-13H,4-5,11H2,1-3H3;5-12H,1-4H3;5-9,11-12H,4,10H2,1-3H3;10-11H,5-9H2,1-4H3;;;;;;/q6*-2;6*+2. The monoisotopic (exact) mass is 3000 g/mol. The van der Waals surface area contributed by atoms with Crippen LogP contribution in [0, 0.1) is 40.0 Å². The molecule has 6 aromatic heterocycles. The number of benzene rings is 5. The van der Waals surface area contributed by atoms with Crippen molar-refractivity contribution in [2.75, 3.05) is 92.7 Å². The van der Waals surface area contributed by atoms with Crippen LogP contribution in [0.1, 0.15) is 138 Å². The Morgan fingerprint density at radius 2 is 0.430 bits per heavy atom. The van der Waals surface area contributed by atoms with E-state index >= 15 is 0 Å². The largest absolute Gasteiger partial charge is 2.00 e. The van der Waals surface area contributed by atoms with Gasteiger partial charge in [0.15, 0.2) is 0 Å². The molecule has 0 bridgehead atoms. The summed E-state index contributed by atoms with van der Waals surface area (Å²) in [5, 5.41) is 48.0. The third-order valence-corrected chi connectivity index (χ3v) is 26.5. The van der Waals surface area contributed by atoms with E-state index in [1.165, 1.54) is 133 Å². The maximum Gasteiger partial charge on any atom is 2.00 e. The molecular formula is C88H136B12N36Pt6. The summed E-state index contributed by atoms with van der Waals surface area (Å²) in [5.41, 5.74) is 5.81. The van der Waals surface area contributed by atoms with Crippen LogP contribution in [0.5, 0.6) is 0 Å². The van der Waals surface area contributed by atoms with Gasteiger partial charge in [-0.05, 0) is 160 Å². The third-order valence-electron chi connectivity index (χ3n) is 26.5. The van der Waals surface area contributed by atoms with E-state index in [4.69, 9.17) is 0 Å². The smallest absolute Gasteiger partial charge is 0.583 e. The molecule has 0 amide bonds. The fraction of sp³-hybridized carbons (Fsp3) is 0.455. The van der Waals surface area contributed by atoms with E-state index in [-0.39, 0.29) is 203 Å². The zero-order chi connectivity index (χ0) is 96.6. The molecule has 0 N–H and O–H groups in total.